The van der Waals surface area contributed by atoms with Crippen LogP contribution in [0.5, 0.6) is 0 Å². The zero-order valence-corrected chi connectivity index (χ0v) is 20.7. The number of esters is 1. The zero-order valence-electron chi connectivity index (χ0n) is 17.5. The smallest absolute Gasteiger partial charge is 0.339 e. The van der Waals surface area contributed by atoms with E-state index in [0.29, 0.717) is 5.69 Å². The monoisotopic (exact) mass is 550 g/mol. The van der Waals surface area contributed by atoms with E-state index in [-0.39, 0.29) is 27.8 Å². The normalized spacial score (nSPS) is 11.0. The molecule has 0 aliphatic carbocycles. The molecule has 7 nitrogen and oxygen atoms in total. The number of carbonyl (C=O) groups is 2. The minimum absolute atomic E-state index is 0.0526. The standard InChI is InChI=1S/C23H20BrClN2O5S/c1-2-32-23(29)20-14-17(10-13-21(20)25)26-22(28)15-27(18-11-8-16(24)9-12-18)33(30,31)19-6-4-3-5-7-19/h3-14H,2,15H2,1H3,(H,26,28). The minimum atomic E-state index is -4.03. The molecule has 3 aromatic rings. The molecule has 3 rings (SSSR count). The van der Waals surface area contributed by atoms with Gasteiger partial charge in [-0.1, -0.05) is 45.7 Å². The molecule has 0 radical (unpaired) electrons. The van der Waals surface area contributed by atoms with E-state index in [0.717, 1.165) is 8.78 Å². The van der Waals surface area contributed by atoms with Crippen molar-refractivity contribution < 1.29 is 22.7 Å². The summed E-state index contributed by atoms with van der Waals surface area (Å²) in [4.78, 5) is 25.0. The van der Waals surface area contributed by atoms with Crippen molar-refractivity contribution in [2.24, 2.45) is 0 Å². The molecule has 0 heterocycles. The average molecular weight is 552 g/mol. The molecule has 0 aliphatic rings. The molecular formula is C23H20BrClN2O5S. The summed E-state index contributed by atoms with van der Waals surface area (Å²) >= 11 is 9.39. The van der Waals surface area contributed by atoms with Gasteiger partial charge in [-0.3, -0.25) is 9.10 Å². The van der Waals surface area contributed by atoms with E-state index in [4.69, 9.17) is 16.3 Å². The van der Waals surface area contributed by atoms with Crippen molar-refractivity contribution in [3.63, 3.8) is 0 Å². The van der Waals surface area contributed by atoms with Gasteiger partial charge in [-0.05, 0) is 61.5 Å². The Labute approximate surface area is 205 Å². The summed E-state index contributed by atoms with van der Waals surface area (Å²) in [5.74, 6) is -1.23. The first-order valence-corrected chi connectivity index (χ1v) is 12.4. The Bertz CT molecular complexity index is 1250. The van der Waals surface area contributed by atoms with Crippen molar-refractivity contribution in [3.05, 3.63) is 87.9 Å². The number of nitrogens with zero attached hydrogens (tertiary/aromatic N) is 1. The highest BCUT2D eigenvalue weighted by atomic mass is 79.9. The van der Waals surface area contributed by atoms with Crippen LogP contribution in [0.15, 0.2) is 82.2 Å². The summed E-state index contributed by atoms with van der Waals surface area (Å²) in [5, 5.41) is 2.80. The van der Waals surface area contributed by atoms with Gasteiger partial charge in [-0.15, -0.1) is 0 Å². The third kappa shape index (κ3) is 6.13. The molecule has 0 aromatic heterocycles. The molecule has 33 heavy (non-hydrogen) atoms. The van der Waals surface area contributed by atoms with Crippen molar-refractivity contribution >= 4 is 60.8 Å². The molecule has 0 spiro atoms. The largest absolute Gasteiger partial charge is 0.462 e. The highest BCUT2D eigenvalue weighted by molar-refractivity contribution is 9.10. The number of hydrogen-bond donors (Lipinski definition) is 1. The molecular weight excluding hydrogens is 532 g/mol. The number of carbonyl (C=O) groups excluding carboxylic acids is 2. The first-order chi connectivity index (χ1) is 15.7. The van der Waals surface area contributed by atoms with Crippen LogP contribution in [-0.2, 0) is 19.6 Å². The van der Waals surface area contributed by atoms with E-state index in [1.54, 1.807) is 49.4 Å². The third-order valence-electron chi connectivity index (χ3n) is 4.48. The molecule has 0 atom stereocenters. The SMILES string of the molecule is CCOC(=O)c1cc(NC(=O)CN(c2ccc(Br)cc2)S(=O)(=O)c2ccccc2)ccc1Cl. The van der Waals surface area contributed by atoms with Gasteiger partial charge in [0.1, 0.15) is 6.54 Å². The number of rotatable bonds is 8. The summed E-state index contributed by atoms with van der Waals surface area (Å²) in [6, 6.07) is 18.8. The summed E-state index contributed by atoms with van der Waals surface area (Å²) in [7, 11) is -4.03. The van der Waals surface area contributed by atoms with Crippen LogP contribution in [0.25, 0.3) is 0 Å². The lowest BCUT2D eigenvalue weighted by Crippen LogP contribution is -2.38. The number of ether oxygens (including phenoxy) is 1. The quantitative estimate of drug-likeness (QED) is 0.393. The lowest BCUT2D eigenvalue weighted by Gasteiger charge is -2.24. The van der Waals surface area contributed by atoms with Crippen LogP contribution >= 0.6 is 27.5 Å². The number of nitrogens with one attached hydrogen (secondary N) is 1. The van der Waals surface area contributed by atoms with Crippen molar-refractivity contribution in [2.75, 3.05) is 22.8 Å². The first kappa shape index (κ1) is 24.8. The maximum absolute atomic E-state index is 13.3. The average Bonchev–Trinajstić information content (AvgIpc) is 2.80. The number of benzene rings is 3. The Balaban J connectivity index is 1.89. The van der Waals surface area contributed by atoms with Crippen LogP contribution in [0.1, 0.15) is 17.3 Å². The molecule has 1 amide bonds. The van der Waals surface area contributed by atoms with Gasteiger partial charge >= 0.3 is 5.97 Å². The van der Waals surface area contributed by atoms with Crippen molar-refractivity contribution in [2.45, 2.75) is 11.8 Å². The fourth-order valence-corrected chi connectivity index (χ4v) is 4.84. The fraction of sp³-hybridized carbons (Fsp3) is 0.130. The van der Waals surface area contributed by atoms with Crippen LogP contribution in [-0.4, -0.2) is 33.4 Å². The molecule has 172 valence electrons. The molecule has 0 aliphatic heterocycles. The van der Waals surface area contributed by atoms with E-state index in [1.807, 2.05) is 0 Å². The van der Waals surface area contributed by atoms with E-state index in [1.165, 1.54) is 30.3 Å². The first-order valence-electron chi connectivity index (χ1n) is 9.82. The molecule has 0 saturated carbocycles. The molecule has 0 saturated heterocycles. The van der Waals surface area contributed by atoms with Gasteiger partial charge in [-0.25, -0.2) is 13.2 Å². The Morgan fingerprint density at radius 1 is 1.03 bits per heavy atom. The van der Waals surface area contributed by atoms with E-state index in [2.05, 4.69) is 21.2 Å². The molecule has 0 fully saturated rings. The number of sulfonamides is 1. The van der Waals surface area contributed by atoms with Crippen molar-refractivity contribution in [1.82, 2.24) is 0 Å². The van der Waals surface area contributed by atoms with E-state index in [9.17, 15) is 18.0 Å². The van der Waals surface area contributed by atoms with Gasteiger partial charge in [0.2, 0.25) is 5.91 Å². The van der Waals surface area contributed by atoms with Crippen LogP contribution in [0.4, 0.5) is 11.4 Å². The van der Waals surface area contributed by atoms with E-state index >= 15 is 0 Å². The fourth-order valence-electron chi connectivity index (χ4n) is 2.94. The summed E-state index contributed by atoms with van der Waals surface area (Å²) in [5.41, 5.74) is 0.693. The zero-order chi connectivity index (χ0) is 24.0. The van der Waals surface area contributed by atoms with Gasteiger partial charge in [0.05, 0.1) is 27.8 Å². The lowest BCUT2D eigenvalue weighted by molar-refractivity contribution is -0.114. The highest BCUT2D eigenvalue weighted by Crippen LogP contribution is 2.26. The number of amides is 1. The second-order valence-electron chi connectivity index (χ2n) is 6.76. The minimum Gasteiger partial charge on any atom is -0.462 e. The summed E-state index contributed by atoms with van der Waals surface area (Å²) in [6.07, 6.45) is 0. The Hall–Kier alpha value is -2.88. The van der Waals surface area contributed by atoms with E-state index < -0.39 is 28.4 Å². The topological polar surface area (TPSA) is 92.8 Å². The Kier molecular flexibility index (Phi) is 8.12. The summed E-state index contributed by atoms with van der Waals surface area (Å²) < 4.78 is 33.4. The second-order valence-corrected chi connectivity index (χ2v) is 9.95. The maximum atomic E-state index is 13.3. The van der Waals surface area contributed by atoms with Crippen molar-refractivity contribution in [3.8, 4) is 0 Å². The molecule has 1 N–H and O–H groups in total. The number of anilines is 2. The third-order valence-corrected chi connectivity index (χ3v) is 7.12. The Morgan fingerprint density at radius 3 is 2.33 bits per heavy atom. The Morgan fingerprint density at radius 2 is 1.70 bits per heavy atom. The van der Waals surface area contributed by atoms with Crippen molar-refractivity contribution in [1.29, 1.82) is 0 Å². The van der Waals surface area contributed by atoms with Crippen LogP contribution in [0.3, 0.4) is 0 Å². The van der Waals surface area contributed by atoms with Crippen LogP contribution in [0.2, 0.25) is 5.02 Å². The summed E-state index contributed by atoms with van der Waals surface area (Å²) in [6.45, 7) is 1.35. The molecule has 3 aromatic carbocycles. The predicted octanol–water partition coefficient (Wildman–Crippen LogP) is 5.11. The number of halogens is 2. The van der Waals surface area contributed by atoms with Gasteiger partial charge in [0.15, 0.2) is 0 Å². The molecule has 0 unspecified atom stereocenters. The molecule has 0 bridgehead atoms. The molecule has 10 heteroatoms. The lowest BCUT2D eigenvalue weighted by atomic mass is 10.2. The van der Waals surface area contributed by atoms with Crippen LogP contribution in [0, 0.1) is 0 Å². The number of hydrogen-bond acceptors (Lipinski definition) is 5. The second kappa shape index (κ2) is 10.8. The van der Waals surface area contributed by atoms with Crippen LogP contribution < -0.4 is 9.62 Å². The predicted molar refractivity (Wildman–Crippen MR) is 131 cm³/mol. The van der Waals surface area contributed by atoms with Gasteiger partial charge in [0, 0.05) is 10.2 Å². The van der Waals surface area contributed by atoms with Gasteiger partial charge in [0.25, 0.3) is 10.0 Å². The van der Waals surface area contributed by atoms with Gasteiger partial charge in [-0.2, -0.15) is 0 Å². The van der Waals surface area contributed by atoms with Gasteiger partial charge < -0.3 is 10.1 Å². The highest BCUT2D eigenvalue weighted by Gasteiger charge is 2.27. The maximum Gasteiger partial charge on any atom is 0.339 e.